The fraction of sp³-hybridized carbons (Fsp3) is 0.333. The van der Waals surface area contributed by atoms with E-state index in [2.05, 4.69) is 20.4 Å². The van der Waals surface area contributed by atoms with Crippen molar-refractivity contribution in [2.45, 2.75) is 37.8 Å². The van der Waals surface area contributed by atoms with Gasteiger partial charge in [0.1, 0.15) is 5.75 Å². The molecule has 2 aromatic rings. The number of amides is 1. The Morgan fingerprint density at radius 1 is 1.15 bits per heavy atom. The van der Waals surface area contributed by atoms with Gasteiger partial charge >= 0.3 is 0 Å². The minimum absolute atomic E-state index is 0.0633. The monoisotopic (exact) mass is 390 g/mol. The molecule has 134 valence electrons. The fourth-order valence-corrected chi connectivity index (χ4v) is 3.18. The number of rotatable bonds is 4. The van der Waals surface area contributed by atoms with Crippen molar-refractivity contribution in [3.63, 3.8) is 0 Å². The summed E-state index contributed by atoms with van der Waals surface area (Å²) in [5.74, 6) is 0.409. The molecule has 0 aliphatic heterocycles. The average molecular weight is 391 g/mol. The van der Waals surface area contributed by atoms with Crippen LogP contribution in [0.1, 0.15) is 36.2 Å². The molecule has 0 atom stereocenters. The Morgan fingerprint density at radius 2 is 1.92 bits per heavy atom. The Balaban J connectivity index is 1.49. The molecule has 1 aliphatic carbocycles. The molecule has 0 unspecified atom stereocenters. The topological polar surface area (TPSA) is 68.5 Å². The zero-order chi connectivity index (χ0) is 18.5. The van der Waals surface area contributed by atoms with Crippen molar-refractivity contribution in [2.24, 2.45) is 0 Å². The van der Waals surface area contributed by atoms with Gasteiger partial charge < -0.3 is 10.1 Å². The van der Waals surface area contributed by atoms with Crippen molar-refractivity contribution in [2.75, 3.05) is 0 Å². The lowest BCUT2D eigenvalue weighted by atomic mass is 9.93. The van der Waals surface area contributed by atoms with E-state index in [9.17, 15) is 4.79 Å². The summed E-state index contributed by atoms with van der Waals surface area (Å²) in [6.45, 7) is 7.01. The molecule has 3 rings (SSSR count). The summed E-state index contributed by atoms with van der Waals surface area (Å²) in [6.07, 6.45) is 3.32. The third-order valence-electron chi connectivity index (χ3n) is 4.22. The molecule has 6 nitrogen and oxygen atoms in total. The fourth-order valence-electron chi connectivity index (χ4n) is 2.87. The summed E-state index contributed by atoms with van der Waals surface area (Å²) in [5.41, 5.74) is 0.665. The molecule has 1 amide bonds. The molecular formula is C18H16Cl2N4O2. The maximum atomic E-state index is 12.2. The Hall–Kier alpha value is -2.36. The van der Waals surface area contributed by atoms with E-state index in [1.807, 2.05) is 0 Å². The Bertz CT molecular complexity index is 828. The molecule has 0 radical (unpaired) electrons. The normalized spacial score (nSPS) is 19.4. The van der Waals surface area contributed by atoms with E-state index in [1.165, 1.54) is 0 Å². The van der Waals surface area contributed by atoms with Crippen LogP contribution in [0.4, 0.5) is 5.69 Å². The minimum atomic E-state index is -0.250. The van der Waals surface area contributed by atoms with Gasteiger partial charge in [-0.3, -0.25) is 4.79 Å². The molecule has 1 N–H and O–H groups in total. The van der Waals surface area contributed by atoms with E-state index in [-0.39, 0.29) is 28.9 Å². The van der Waals surface area contributed by atoms with E-state index in [1.54, 1.807) is 30.3 Å². The summed E-state index contributed by atoms with van der Waals surface area (Å²) in [4.78, 5) is 15.5. The van der Waals surface area contributed by atoms with E-state index >= 15 is 0 Å². The predicted octanol–water partition coefficient (Wildman–Crippen LogP) is 4.45. The Kier molecular flexibility index (Phi) is 5.92. The summed E-state index contributed by atoms with van der Waals surface area (Å²) >= 11 is 11.7. The lowest BCUT2D eigenvalue weighted by Crippen LogP contribution is -2.40. The van der Waals surface area contributed by atoms with Gasteiger partial charge in [0.15, 0.2) is 10.8 Å². The smallest absolute Gasteiger partial charge is 0.272 e. The second-order valence-electron chi connectivity index (χ2n) is 6.03. The summed E-state index contributed by atoms with van der Waals surface area (Å²) in [6, 6.07) is 8.25. The molecule has 0 bridgehead atoms. The molecule has 0 spiro atoms. The van der Waals surface area contributed by atoms with Crippen LogP contribution in [0.5, 0.6) is 5.75 Å². The van der Waals surface area contributed by atoms with Crippen LogP contribution in [0.3, 0.4) is 0 Å². The molecule has 1 aromatic heterocycles. The lowest BCUT2D eigenvalue weighted by Gasteiger charge is -2.29. The van der Waals surface area contributed by atoms with Gasteiger partial charge in [-0.1, -0.05) is 29.3 Å². The van der Waals surface area contributed by atoms with E-state index < -0.39 is 0 Å². The Labute approximate surface area is 161 Å². The van der Waals surface area contributed by atoms with Crippen molar-refractivity contribution in [1.29, 1.82) is 0 Å². The molecule has 0 saturated heterocycles. The third kappa shape index (κ3) is 4.63. The van der Waals surface area contributed by atoms with Crippen LogP contribution in [0, 0.1) is 6.57 Å². The quantitative estimate of drug-likeness (QED) is 0.782. The summed E-state index contributed by atoms with van der Waals surface area (Å²) in [5, 5.41) is 11.1. The minimum Gasteiger partial charge on any atom is -0.490 e. The third-order valence-corrected chi connectivity index (χ3v) is 4.72. The number of hydrogen-bond donors (Lipinski definition) is 1. The summed E-state index contributed by atoms with van der Waals surface area (Å²) < 4.78 is 5.95. The number of nitrogens with one attached hydrogen (secondary N) is 1. The molecule has 26 heavy (non-hydrogen) atoms. The SMILES string of the molecule is [C-]#[N+]c1ccc(OC2CCC(NC(=O)c3ccc(Cl)nn3)CC2)cc1Cl. The second kappa shape index (κ2) is 8.35. The van der Waals surface area contributed by atoms with Gasteiger partial charge in [0.25, 0.3) is 5.91 Å². The highest BCUT2D eigenvalue weighted by molar-refractivity contribution is 6.33. The van der Waals surface area contributed by atoms with Gasteiger partial charge in [0.05, 0.1) is 17.7 Å². The van der Waals surface area contributed by atoms with Crippen molar-refractivity contribution in [3.05, 3.63) is 57.6 Å². The molecule has 1 heterocycles. The van der Waals surface area contributed by atoms with Crippen molar-refractivity contribution in [3.8, 4) is 5.75 Å². The maximum Gasteiger partial charge on any atom is 0.272 e. The van der Waals surface area contributed by atoms with Crippen molar-refractivity contribution >= 4 is 34.8 Å². The number of carbonyl (C=O) groups excluding carboxylic acids is 1. The molecule has 8 heteroatoms. The highest BCUT2D eigenvalue weighted by atomic mass is 35.5. The number of ether oxygens (including phenoxy) is 1. The predicted molar refractivity (Wildman–Crippen MR) is 98.9 cm³/mol. The van der Waals surface area contributed by atoms with Gasteiger partial charge in [0, 0.05) is 6.04 Å². The molecule has 1 fully saturated rings. The zero-order valence-electron chi connectivity index (χ0n) is 13.8. The van der Waals surface area contributed by atoms with Gasteiger partial charge in [-0.25, -0.2) is 4.85 Å². The standard InChI is InChI=1S/C18H16Cl2N4O2/c1-21-15-7-6-13(10-14(15)19)26-12-4-2-11(3-5-12)22-18(25)16-8-9-17(20)24-23-16/h6-12H,2-5H2,(H,22,25). The largest absolute Gasteiger partial charge is 0.490 e. The first kappa shape index (κ1) is 18.4. The van der Waals surface area contributed by atoms with Gasteiger partial charge in [-0.05, 0) is 49.9 Å². The zero-order valence-corrected chi connectivity index (χ0v) is 15.3. The van der Waals surface area contributed by atoms with Crippen molar-refractivity contribution < 1.29 is 9.53 Å². The lowest BCUT2D eigenvalue weighted by molar-refractivity contribution is 0.0888. The number of carbonyl (C=O) groups is 1. The van der Waals surface area contributed by atoms with E-state index in [4.69, 9.17) is 34.5 Å². The maximum absolute atomic E-state index is 12.2. The highest BCUT2D eigenvalue weighted by Crippen LogP contribution is 2.31. The van der Waals surface area contributed by atoms with Crippen LogP contribution in [-0.4, -0.2) is 28.3 Å². The molecule has 1 aromatic carbocycles. The van der Waals surface area contributed by atoms with Crippen LogP contribution in [0.25, 0.3) is 4.85 Å². The van der Waals surface area contributed by atoms with Crippen LogP contribution in [0.15, 0.2) is 30.3 Å². The van der Waals surface area contributed by atoms with Crippen LogP contribution < -0.4 is 10.1 Å². The molecule has 1 aliphatic rings. The summed E-state index contributed by atoms with van der Waals surface area (Å²) in [7, 11) is 0. The molecular weight excluding hydrogens is 375 g/mol. The van der Waals surface area contributed by atoms with E-state index in [0.29, 0.717) is 16.5 Å². The number of aromatic nitrogens is 2. The Morgan fingerprint density at radius 3 is 2.54 bits per heavy atom. The van der Waals surface area contributed by atoms with Gasteiger partial charge in [-0.15, -0.1) is 10.2 Å². The van der Waals surface area contributed by atoms with Crippen LogP contribution >= 0.6 is 23.2 Å². The highest BCUT2D eigenvalue weighted by Gasteiger charge is 2.24. The van der Waals surface area contributed by atoms with Gasteiger partial charge in [0.2, 0.25) is 5.69 Å². The first-order valence-corrected chi connectivity index (χ1v) is 8.94. The second-order valence-corrected chi connectivity index (χ2v) is 6.83. The number of hydrogen-bond acceptors (Lipinski definition) is 4. The van der Waals surface area contributed by atoms with Crippen molar-refractivity contribution in [1.82, 2.24) is 15.5 Å². The first-order valence-electron chi connectivity index (χ1n) is 8.19. The number of halogens is 2. The van der Waals surface area contributed by atoms with E-state index in [0.717, 1.165) is 25.7 Å². The first-order chi connectivity index (χ1) is 12.5. The number of benzene rings is 1. The molecule has 1 saturated carbocycles. The van der Waals surface area contributed by atoms with Crippen LogP contribution in [-0.2, 0) is 0 Å². The number of nitrogens with zero attached hydrogens (tertiary/aromatic N) is 3. The average Bonchev–Trinajstić information content (AvgIpc) is 2.64. The van der Waals surface area contributed by atoms with Gasteiger partial charge in [-0.2, -0.15) is 0 Å². The van der Waals surface area contributed by atoms with Crippen LogP contribution in [0.2, 0.25) is 10.2 Å².